The van der Waals surface area contributed by atoms with Gasteiger partial charge in [-0.3, -0.25) is 9.13 Å². The summed E-state index contributed by atoms with van der Waals surface area (Å²) in [6.07, 6.45) is 2.08. The predicted molar refractivity (Wildman–Crippen MR) is 83.4 cm³/mol. The van der Waals surface area contributed by atoms with E-state index in [1.165, 1.54) is 0 Å². The first-order valence-corrected chi connectivity index (χ1v) is 7.84. The Bertz CT molecular complexity index is 716. The highest BCUT2D eigenvalue weighted by molar-refractivity contribution is 9.10. The van der Waals surface area contributed by atoms with E-state index in [4.69, 9.17) is 16.3 Å². The topological polar surface area (TPSA) is 36.2 Å². The third-order valence-corrected chi connectivity index (χ3v) is 5.18. The molecule has 1 aromatic heterocycles. The summed E-state index contributed by atoms with van der Waals surface area (Å²) in [5.41, 5.74) is 2.73. The Morgan fingerprint density at radius 1 is 1.35 bits per heavy atom. The van der Waals surface area contributed by atoms with Crippen LogP contribution in [0.3, 0.4) is 0 Å². The quantitative estimate of drug-likeness (QED) is 0.773. The molecule has 0 N–H and O–H groups in total. The molecule has 1 aliphatic rings. The Hall–Kier alpha value is -0.780. The third-order valence-electron chi connectivity index (χ3n) is 3.98. The first kappa shape index (κ1) is 14.2. The van der Waals surface area contributed by atoms with Crippen LogP contribution in [0.2, 0.25) is 0 Å². The van der Waals surface area contributed by atoms with E-state index in [2.05, 4.69) is 15.9 Å². The zero-order valence-corrected chi connectivity index (χ0v) is 13.7. The standard InChI is InChI=1S/C14H16BrClN2O2/c1-17-10-6-8(13(16)12-4-3-5-20-12)9(15)7-11(10)18(2)14(17)19/h6-7,12-13H,3-5H2,1-2H3. The van der Waals surface area contributed by atoms with E-state index < -0.39 is 0 Å². The third kappa shape index (κ3) is 2.12. The molecule has 0 amide bonds. The zero-order chi connectivity index (χ0) is 14.4. The number of nitrogens with zero attached hydrogens (tertiary/aromatic N) is 2. The monoisotopic (exact) mass is 358 g/mol. The molecule has 0 saturated carbocycles. The van der Waals surface area contributed by atoms with Gasteiger partial charge in [0.25, 0.3) is 0 Å². The van der Waals surface area contributed by atoms with Crippen molar-refractivity contribution in [3.8, 4) is 0 Å². The van der Waals surface area contributed by atoms with Crippen LogP contribution in [0.4, 0.5) is 0 Å². The highest BCUT2D eigenvalue weighted by atomic mass is 79.9. The molecule has 0 radical (unpaired) electrons. The average molecular weight is 360 g/mol. The minimum absolute atomic E-state index is 0.0349. The Balaban J connectivity index is 2.14. The molecule has 20 heavy (non-hydrogen) atoms. The van der Waals surface area contributed by atoms with Gasteiger partial charge in [0.2, 0.25) is 0 Å². The summed E-state index contributed by atoms with van der Waals surface area (Å²) in [6.45, 7) is 0.775. The largest absolute Gasteiger partial charge is 0.376 e. The molecule has 2 heterocycles. The van der Waals surface area contributed by atoms with Gasteiger partial charge in [-0.2, -0.15) is 0 Å². The van der Waals surface area contributed by atoms with Crippen LogP contribution in [-0.2, 0) is 18.8 Å². The van der Waals surface area contributed by atoms with Gasteiger partial charge in [0.05, 0.1) is 22.5 Å². The fourth-order valence-corrected chi connectivity index (χ4v) is 3.87. The van der Waals surface area contributed by atoms with Crippen LogP contribution in [0.5, 0.6) is 0 Å². The fourth-order valence-electron chi connectivity index (χ4n) is 2.78. The van der Waals surface area contributed by atoms with Crippen molar-refractivity contribution in [1.29, 1.82) is 0 Å². The van der Waals surface area contributed by atoms with Gasteiger partial charge in [-0.25, -0.2) is 4.79 Å². The van der Waals surface area contributed by atoms with Crippen LogP contribution in [0, 0.1) is 0 Å². The summed E-state index contributed by atoms with van der Waals surface area (Å²) >= 11 is 10.1. The second kappa shape index (κ2) is 5.20. The molecule has 0 aliphatic carbocycles. The summed E-state index contributed by atoms with van der Waals surface area (Å²) in [6, 6.07) is 3.94. The minimum atomic E-state index is -0.202. The molecular weight excluding hydrogens is 344 g/mol. The molecule has 2 aromatic rings. The Kier molecular flexibility index (Phi) is 3.69. The number of aryl methyl sites for hydroxylation is 2. The summed E-state index contributed by atoms with van der Waals surface area (Å²) in [5.74, 6) is 0. The number of rotatable bonds is 2. The van der Waals surface area contributed by atoms with Gasteiger partial charge in [-0.15, -0.1) is 11.6 Å². The Labute approximate surface area is 130 Å². The van der Waals surface area contributed by atoms with E-state index in [9.17, 15) is 4.79 Å². The maximum Gasteiger partial charge on any atom is 0.328 e. The van der Waals surface area contributed by atoms with E-state index in [1.54, 1.807) is 23.2 Å². The lowest BCUT2D eigenvalue weighted by Gasteiger charge is -2.18. The van der Waals surface area contributed by atoms with Crippen molar-refractivity contribution in [3.63, 3.8) is 0 Å². The molecule has 108 valence electrons. The van der Waals surface area contributed by atoms with Crippen LogP contribution in [0.15, 0.2) is 21.4 Å². The first-order chi connectivity index (χ1) is 9.50. The van der Waals surface area contributed by atoms with E-state index in [-0.39, 0.29) is 17.2 Å². The summed E-state index contributed by atoms with van der Waals surface area (Å²) in [7, 11) is 3.55. The Morgan fingerprint density at radius 3 is 2.60 bits per heavy atom. The minimum Gasteiger partial charge on any atom is -0.376 e. The molecule has 1 aromatic carbocycles. The number of ether oxygens (including phenoxy) is 1. The maximum atomic E-state index is 12.0. The van der Waals surface area contributed by atoms with E-state index in [0.29, 0.717) is 0 Å². The molecule has 3 rings (SSSR count). The molecule has 0 bridgehead atoms. The molecule has 1 saturated heterocycles. The van der Waals surface area contributed by atoms with Crippen LogP contribution < -0.4 is 5.69 Å². The van der Waals surface area contributed by atoms with Gasteiger partial charge >= 0.3 is 5.69 Å². The van der Waals surface area contributed by atoms with Crippen molar-refractivity contribution in [2.75, 3.05) is 6.61 Å². The van der Waals surface area contributed by atoms with Crippen molar-refractivity contribution in [2.24, 2.45) is 14.1 Å². The molecule has 0 spiro atoms. The van der Waals surface area contributed by atoms with Gasteiger partial charge in [0.15, 0.2) is 0 Å². The van der Waals surface area contributed by atoms with Gasteiger partial charge in [-0.1, -0.05) is 15.9 Å². The van der Waals surface area contributed by atoms with Gasteiger partial charge < -0.3 is 4.74 Å². The number of imidazole rings is 1. The number of hydrogen-bond acceptors (Lipinski definition) is 2. The van der Waals surface area contributed by atoms with Gasteiger partial charge in [0, 0.05) is 25.2 Å². The number of benzene rings is 1. The van der Waals surface area contributed by atoms with Crippen LogP contribution in [0.1, 0.15) is 23.8 Å². The highest BCUT2D eigenvalue weighted by Gasteiger charge is 2.27. The average Bonchev–Trinajstić information content (AvgIpc) is 3.03. The normalized spacial score (nSPS) is 20.7. The molecule has 2 unspecified atom stereocenters. The number of halogens is 2. The van der Waals surface area contributed by atoms with Crippen LogP contribution in [0.25, 0.3) is 11.0 Å². The molecule has 2 atom stereocenters. The fraction of sp³-hybridized carbons (Fsp3) is 0.500. The van der Waals surface area contributed by atoms with E-state index in [0.717, 1.165) is 40.5 Å². The smallest absolute Gasteiger partial charge is 0.328 e. The van der Waals surface area contributed by atoms with Crippen molar-refractivity contribution in [2.45, 2.75) is 24.3 Å². The lowest BCUT2D eigenvalue weighted by molar-refractivity contribution is 0.107. The van der Waals surface area contributed by atoms with Crippen LogP contribution >= 0.6 is 27.5 Å². The summed E-state index contributed by atoms with van der Waals surface area (Å²) in [4.78, 5) is 12.0. The molecule has 6 heteroatoms. The molecule has 4 nitrogen and oxygen atoms in total. The molecule has 1 fully saturated rings. The predicted octanol–water partition coefficient (Wildman–Crippen LogP) is 3.10. The van der Waals surface area contributed by atoms with Gasteiger partial charge in [0.1, 0.15) is 0 Å². The second-order valence-corrected chi connectivity index (χ2v) is 6.54. The van der Waals surface area contributed by atoms with Crippen molar-refractivity contribution in [3.05, 3.63) is 32.7 Å². The lowest BCUT2D eigenvalue weighted by Crippen LogP contribution is -2.19. The maximum absolute atomic E-state index is 12.0. The number of fused-ring (bicyclic) bond motifs is 1. The SMILES string of the molecule is Cn1c(=O)n(C)c2cc(C(Cl)C3CCCO3)c(Br)cc21. The Morgan fingerprint density at radius 2 is 2.00 bits per heavy atom. The van der Waals surface area contributed by atoms with Gasteiger partial charge in [-0.05, 0) is 30.5 Å². The van der Waals surface area contributed by atoms with Crippen LogP contribution in [-0.4, -0.2) is 21.8 Å². The number of aromatic nitrogens is 2. The van der Waals surface area contributed by atoms with E-state index in [1.807, 2.05) is 12.1 Å². The first-order valence-electron chi connectivity index (χ1n) is 6.61. The van der Waals surface area contributed by atoms with Crippen molar-refractivity contribution < 1.29 is 4.74 Å². The number of alkyl halides is 1. The van der Waals surface area contributed by atoms with Crippen molar-refractivity contribution >= 4 is 38.6 Å². The summed E-state index contributed by atoms with van der Waals surface area (Å²) in [5, 5.41) is -0.202. The highest BCUT2D eigenvalue weighted by Crippen LogP contribution is 2.37. The second-order valence-electron chi connectivity index (χ2n) is 5.22. The van der Waals surface area contributed by atoms with E-state index >= 15 is 0 Å². The molecular formula is C14H16BrClN2O2. The lowest BCUT2D eigenvalue weighted by atomic mass is 10.0. The number of hydrogen-bond donors (Lipinski definition) is 0. The van der Waals surface area contributed by atoms with Crippen molar-refractivity contribution in [1.82, 2.24) is 9.13 Å². The zero-order valence-electron chi connectivity index (χ0n) is 11.4. The molecule has 1 aliphatic heterocycles. The summed E-state index contributed by atoms with van der Waals surface area (Å²) < 4.78 is 9.87.